The first-order chi connectivity index (χ1) is 10.9. The largest absolute Gasteiger partial charge is 0.377 e. The van der Waals surface area contributed by atoms with E-state index in [2.05, 4.69) is 24.1 Å². The second-order valence-electron chi connectivity index (χ2n) is 8.28. The van der Waals surface area contributed by atoms with E-state index in [1.807, 2.05) is 14.1 Å². The summed E-state index contributed by atoms with van der Waals surface area (Å²) < 4.78 is 5.86. The topological polar surface area (TPSA) is 44.8 Å². The summed E-state index contributed by atoms with van der Waals surface area (Å²) in [6.07, 6.45) is 4.94. The van der Waals surface area contributed by atoms with Gasteiger partial charge in [0.15, 0.2) is 0 Å². The molecule has 0 radical (unpaired) electrons. The maximum atomic E-state index is 12.2. The number of hydrogen-bond acceptors (Lipinski definition) is 4. The van der Waals surface area contributed by atoms with E-state index >= 15 is 0 Å². The predicted octanol–water partition coefficient (Wildman–Crippen LogP) is 1.33. The van der Waals surface area contributed by atoms with Crippen LogP contribution in [0.4, 0.5) is 0 Å². The third-order valence-corrected chi connectivity index (χ3v) is 6.18. The zero-order valence-electron chi connectivity index (χ0n) is 15.2. The summed E-state index contributed by atoms with van der Waals surface area (Å²) in [4.78, 5) is 16.3. The fraction of sp³-hybridized carbons (Fsp3) is 0.944. The Hall–Kier alpha value is -0.650. The van der Waals surface area contributed by atoms with E-state index in [-0.39, 0.29) is 17.4 Å². The van der Waals surface area contributed by atoms with Crippen molar-refractivity contribution >= 4 is 5.91 Å². The standard InChI is InChI=1S/C18H33N3O2/c1-18(2)15(13-8-12-23-16(13)18)19-9-6-11-21-10-5-7-14(21)17(22)20(3)4/h13-16,19H,5-12H2,1-4H3/t13-,14+,15-,16-/m1/s1. The molecule has 132 valence electrons. The normalized spacial score (nSPS) is 35.8. The van der Waals surface area contributed by atoms with Gasteiger partial charge in [-0.15, -0.1) is 0 Å². The van der Waals surface area contributed by atoms with Gasteiger partial charge in [0, 0.05) is 44.6 Å². The highest BCUT2D eigenvalue weighted by Gasteiger charge is 2.58. The Bertz CT molecular complexity index is 438. The van der Waals surface area contributed by atoms with Gasteiger partial charge in [-0.1, -0.05) is 13.8 Å². The van der Waals surface area contributed by atoms with Crippen molar-refractivity contribution in [2.45, 2.75) is 57.7 Å². The van der Waals surface area contributed by atoms with Crippen LogP contribution in [0.5, 0.6) is 0 Å². The highest BCUT2D eigenvalue weighted by Crippen LogP contribution is 2.52. The van der Waals surface area contributed by atoms with Gasteiger partial charge >= 0.3 is 0 Å². The molecule has 0 aromatic heterocycles. The van der Waals surface area contributed by atoms with Crippen molar-refractivity contribution in [3.63, 3.8) is 0 Å². The second kappa shape index (κ2) is 6.69. The van der Waals surface area contributed by atoms with Crippen LogP contribution < -0.4 is 5.32 Å². The Kier molecular flexibility index (Phi) is 5.00. The summed E-state index contributed by atoms with van der Waals surface area (Å²) in [5.41, 5.74) is 0.262. The fourth-order valence-electron chi connectivity index (χ4n) is 4.95. The summed E-state index contributed by atoms with van der Waals surface area (Å²) >= 11 is 0. The van der Waals surface area contributed by atoms with E-state index in [4.69, 9.17) is 4.74 Å². The van der Waals surface area contributed by atoms with E-state index in [9.17, 15) is 4.79 Å². The number of likely N-dealkylation sites (N-methyl/N-ethyl adjacent to an activating group) is 1. The SMILES string of the molecule is CN(C)C(=O)[C@@H]1CCCN1CCCN[C@@H]1[C@H]2CCO[C@H]2C1(C)C. The molecule has 1 amide bonds. The van der Waals surface area contributed by atoms with Gasteiger partial charge in [-0.25, -0.2) is 0 Å². The maximum absolute atomic E-state index is 12.2. The molecule has 5 nitrogen and oxygen atoms in total. The molecule has 2 aliphatic heterocycles. The summed E-state index contributed by atoms with van der Waals surface area (Å²) in [7, 11) is 3.72. The lowest BCUT2D eigenvalue weighted by atomic mass is 9.57. The fourth-order valence-corrected chi connectivity index (χ4v) is 4.95. The molecule has 0 bridgehead atoms. The van der Waals surface area contributed by atoms with Crippen molar-refractivity contribution in [1.82, 2.24) is 15.1 Å². The summed E-state index contributed by atoms with van der Waals surface area (Å²) in [5.74, 6) is 0.974. The molecule has 0 aromatic rings. The molecule has 4 atom stereocenters. The Labute approximate surface area is 140 Å². The molecule has 0 spiro atoms. The van der Waals surface area contributed by atoms with E-state index in [0.29, 0.717) is 18.1 Å². The molecular formula is C18H33N3O2. The molecule has 23 heavy (non-hydrogen) atoms. The van der Waals surface area contributed by atoms with E-state index < -0.39 is 0 Å². The molecule has 2 saturated heterocycles. The van der Waals surface area contributed by atoms with Crippen LogP contribution in [0.1, 0.15) is 39.5 Å². The van der Waals surface area contributed by atoms with Crippen LogP contribution >= 0.6 is 0 Å². The van der Waals surface area contributed by atoms with Gasteiger partial charge in [-0.2, -0.15) is 0 Å². The van der Waals surface area contributed by atoms with Gasteiger partial charge in [0.05, 0.1) is 12.1 Å². The molecule has 1 saturated carbocycles. The average molecular weight is 323 g/mol. The van der Waals surface area contributed by atoms with Gasteiger partial charge in [0.25, 0.3) is 0 Å². The maximum Gasteiger partial charge on any atom is 0.239 e. The van der Waals surface area contributed by atoms with Crippen molar-refractivity contribution < 1.29 is 9.53 Å². The van der Waals surface area contributed by atoms with Crippen LogP contribution in [0.3, 0.4) is 0 Å². The van der Waals surface area contributed by atoms with Crippen LogP contribution in [0, 0.1) is 11.3 Å². The van der Waals surface area contributed by atoms with Gasteiger partial charge in [0.1, 0.15) is 0 Å². The van der Waals surface area contributed by atoms with Crippen LogP contribution in [-0.4, -0.2) is 74.2 Å². The summed E-state index contributed by atoms with van der Waals surface area (Å²) in [6, 6.07) is 0.700. The van der Waals surface area contributed by atoms with Gasteiger partial charge in [-0.05, 0) is 38.8 Å². The van der Waals surface area contributed by atoms with Crippen molar-refractivity contribution in [1.29, 1.82) is 0 Å². The Balaban J connectivity index is 1.41. The Morgan fingerprint density at radius 2 is 2.13 bits per heavy atom. The molecule has 3 aliphatic rings. The van der Waals surface area contributed by atoms with Crippen molar-refractivity contribution in [2.75, 3.05) is 40.3 Å². The minimum absolute atomic E-state index is 0.109. The predicted molar refractivity (Wildman–Crippen MR) is 91.3 cm³/mol. The number of hydrogen-bond donors (Lipinski definition) is 1. The molecule has 1 aliphatic carbocycles. The first kappa shape index (κ1) is 17.2. The van der Waals surface area contributed by atoms with Crippen molar-refractivity contribution in [2.24, 2.45) is 11.3 Å². The van der Waals surface area contributed by atoms with Gasteiger partial charge in [0.2, 0.25) is 5.91 Å². The molecule has 0 unspecified atom stereocenters. The molecule has 0 aromatic carbocycles. The highest BCUT2D eigenvalue weighted by molar-refractivity contribution is 5.81. The smallest absolute Gasteiger partial charge is 0.239 e. The van der Waals surface area contributed by atoms with Crippen LogP contribution in [0.25, 0.3) is 0 Å². The van der Waals surface area contributed by atoms with Crippen LogP contribution in [-0.2, 0) is 9.53 Å². The zero-order valence-corrected chi connectivity index (χ0v) is 15.2. The number of likely N-dealkylation sites (tertiary alicyclic amines) is 1. The minimum atomic E-state index is 0.109. The second-order valence-corrected chi connectivity index (χ2v) is 8.28. The first-order valence-corrected chi connectivity index (χ1v) is 9.23. The number of nitrogens with zero attached hydrogens (tertiary/aromatic N) is 2. The number of ether oxygens (including phenoxy) is 1. The van der Waals surface area contributed by atoms with Crippen LogP contribution in [0.15, 0.2) is 0 Å². The molecule has 3 rings (SSSR count). The lowest BCUT2D eigenvalue weighted by Crippen LogP contribution is -2.65. The zero-order chi connectivity index (χ0) is 16.6. The van der Waals surface area contributed by atoms with E-state index in [1.54, 1.807) is 4.90 Å². The number of fused-ring (bicyclic) bond motifs is 1. The Morgan fingerprint density at radius 1 is 1.35 bits per heavy atom. The Morgan fingerprint density at radius 3 is 2.87 bits per heavy atom. The summed E-state index contributed by atoms with van der Waals surface area (Å²) in [5, 5.41) is 3.77. The van der Waals surface area contributed by atoms with Gasteiger partial charge in [-0.3, -0.25) is 9.69 Å². The number of nitrogens with one attached hydrogen (secondary N) is 1. The van der Waals surface area contributed by atoms with Crippen molar-refractivity contribution in [3.05, 3.63) is 0 Å². The third kappa shape index (κ3) is 3.15. The molecule has 2 heterocycles. The average Bonchev–Trinajstić information content (AvgIpc) is 3.13. The molecule has 5 heteroatoms. The van der Waals surface area contributed by atoms with E-state index in [1.165, 1.54) is 6.42 Å². The number of carbonyl (C=O) groups excluding carboxylic acids is 1. The number of rotatable bonds is 6. The quantitative estimate of drug-likeness (QED) is 0.749. The van der Waals surface area contributed by atoms with Gasteiger partial charge < -0.3 is 15.0 Å². The van der Waals surface area contributed by atoms with Crippen molar-refractivity contribution in [3.8, 4) is 0 Å². The first-order valence-electron chi connectivity index (χ1n) is 9.23. The number of amides is 1. The molecule has 3 fully saturated rings. The third-order valence-electron chi connectivity index (χ3n) is 6.18. The minimum Gasteiger partial charge on any atom is -0.377 e. The van der Waals surface area contributed by atoms with Crippen LogP contribution in [0.2, 0.25) is 0 Å². The lowest BCUT2D eigenvalue weighted by Gasteiger charge is -2.55. The number of carbonyl (C=O) groups is 1. The highest BCUT2D eigenvalue weighted by atomic mass is 16.5. The molecule has 1 N–H and O–H groups in total. The summed E-state index contributed by atoms with van der Waals surface area (Å²) in [6.45, 7) is 8.70. The molecular weight excluding hydrogens is 290 g/mol. The monoisotopic (exact) mass is 323 g/mol. The van der Waals surface area contributed by atoms with E-state index in [0.717, 1.165) is 45.5 Å². The lowest BCUT2D eigenvalue weighted by molar-refractivity contribution is -0.133.